The minimum atomic E-state index is -0.294. The third kappa shape index (κ3) is 1.60. The van der Waals surface area contributed by atoms with Crippen LogP contribution < -0.4 is 0 Å². The molecule has 0 fully saturated rings. The van der Waals surface area contributed by atoms with Crippen molar-refractivity contribution in [3.05, 3.63) is 35.2 Å². The van der Waals surface area contributed by atoms with E-state index in [1.165, 1.54) is 10.1 Å². The van der Waals surface area contributed by atoms with Gasteiger partial charge in [0.25, 0.3) is 0 Å². The normalized spacial score (nSPS) is 13.4. The first-order valence-electron chi connectivity index (χ1n) is 4.48. The Morgan fingerprint density at radius 3 is 2.85 bits per heavy atom. The van der Waals surface area contributed by atoms with E-state index in [1.807, 2.05) is 19.1 Å². The highest BCUT2D eigenvalue weighted by molar-refractivity contribution is 7.19. The molecule has 68 valence electrons. The van der Waals surface area contributed by atoms with Crippen LogP contribution in [0, 0.1) is 0 Å². The van der Waals surface area contributed by atoms with Gasteiger partial charge in [-0.05, 0) is 23.9 Å². The number of thiophene rings is 1. The molecule has 1 nitrogen and oxygen atoms in total. The zero-order chi connectivity index (χ0) is 9.26. The van der Waals surface area contributed by atoms with Gasteiger partial charge >= 0.3 is 0 Å². The Labute approximate surface area is 81.6 Å². The predicted octanol–water partition coefficient (Wildman–Crippen LogP) is 3.34. The molecule has 0 spiro atoms. The zero-order valence-electron chi connectivity index (χ0n) is 7.53. The molecule has 2 aromatic rings. The van der Waals surface area contributed by atoms with E-state index in [0.717, 1.165) is 11.3 Å². The molecule has 1 N–H and O–H groups in total. The number of aliphatic hydroxyl groups excluding tert-OH is 1. The maximum absolute atomic E-state index is 9.64. The second kappa shape index (κ2) is 3.48. The van der Waals surface area contributed by atoms with Crippen molar-refractivity contribution in [2.24, 2.45) is 0 Å². The number of aliphatic hydroxyl groups is 1. The van der Waals surface area contributed by atoms with Crippen molar-refractivity contribution in [3.63, 3.8) is 0 Å². The van der Waals surface area contributed by atoms with E-state index in [0.29, 0.717) is 0 Å². The molecule has 0 aliphatic rings. The van der Waals surface area contributed by atoms with Crippen molar-refractivity contribution in [1.82, 2.24) is 0 Å². The van der Waals surface area contributed by atoms with E-state index in [2.05, 4.69) is 18.2 Å². The predicted molar refractivity (Wildman–Crippen MR) is 57.1 cm³/mol. The van der Waals surface area contributed by atoms with Crippen LogP contribution in [-0.2, 0) is 0 Å². The molecule has 0 saturated carbocycles. The van der Waals surface area contributed by atoms with Gasteiger partial charge in [-0.15, -0.1) is 11.3 Å². The summed E-state index contributed by atoms with van der Waals surface area (Å²) in [4.78, 5) is 1.07. The molecule has 0 amide bonds. The number of hydrogen-bond donors (Lipinski definition) is 1. The molecule has 1 atom stereocenters. The molecule has 2 heteroatoms. The number of fused-ring (bicyclic) bond motifs is 1. The van der Waals surface area contributed by atoms with E-state index in [-0.39, 0.29) is 6.10 Å². The second-order valence-electron chi connectivity index (χ2n) is 3.11. The summed E-state index contributed by atoms with van der Waals surface area (Å²) in [6.07, 6.45) is 0.490. The first-order valence-corrected chi connectivity index (χ1v) is 5.29. The summed E-state index contributed by atoms with van der Waals surface area (Å²) in [5, 5.41) is 10.9. The topological polar surface area (TPSA) is 20.2 Å². The number of rotatable bonds is 2. The molecule has 1 aromatic carbocycles. The molecule has 0 saturated heterocycles. The first kappa shape index (κ1) is 8.73. The van der Waals surface area contributed by atoms with Crippen molar-refractivity contribution in [3.8, 4) is 0 Å². The molecule has 0 unspecified atom stereocenters. The monoisotopic (exact) mass is 192 g/mol. The Morgan fingerprint density at radius 2 is 2.15 bits per heavy atom. The molecule has 13 heavy (non-hydrogen) atoms. The lowest BCUT2D eigenvalue weighted by Crippen LogP contribution is -1.89. The highest BCUT2D eigenvalue weighted by Gasteiger charge is 2.08. The lowest BCUT2D eigenvalue weighted by atomic mass is 10.2. The van der Waals surface area contributed by atoms with Crippen LogP contribution in [-0.4, -0.2) is 5.11 Å². The molecule has 0 aliphatic carbocycles. The zero-order valence-corrected chi connectivity index (χ0v) is 8.34. The van der Waals surface area contributed by atoms with Crippen LogP contribution in [0.5, 0.6) is 0 Å². The third-order valence-electron chi connectivity index (χ3n) is 2.16. The number of hydrogen-bond acceptors (Lipinski definition) is 2. The maximum atomic E-state index is 9.64. The molecule has 0 radical (unpaired) electrons. The van der Waals surface area contributed by atoms with E-state index >= 15 is 0 Å². The largest absolute Gasteiger partial charge is 0.388 e. The summed E-state index contributed by atoms with van der Waals surface area (Å²) >= 11 is 1.68. The maximum Gasteiger partial charge on any atom is 0.0879 e. The van der Waals surface area contributed by atoms with Crippen molar-refractivity contribution in [2.75, 3.05) is 0 Å². The van der Waals surface area contributed by atoms with Crippen LogP contribution in [0.1, 0.15) is 24.3 Å². The van der Waals surface area contributed by atoms with Crippen LogP contribution >= 0.6 is 11.3 Å². The van der Waals surface area contributed by atoms with Gasteiger partial charge in [-0.2, -0.15) is 0 Å². The smallest absolute Gasteiger partial charge is 0.0879 e. The van der Waals surface area contributed by atoms with E-state index in [9.17, 15) is 5.11 Å². The Morgan fingerprint density at radius 1 is 1.38 bits per heavy atom. The molecule has 1 heterocycles. The molecule has 2 rings (SSSR count). The summed E-state index contributed by atoms with van der Waals surface area (Å²) in [6, 6.07) is 10.3. The molecule has 0 bridgehead atoms. The summed E-state index contributed by atoms with van der Waals surface area (Å²) in [6.45, 7) is 2.00. The van der Waals surface area contributed by atoms with Gasteiger partial charge in [0.05, 0.1) is 6.10 Å². The second-order valence-corrected chi connectivity index (χ2v) is 4.23. The van der Waals surface area contributed by atoms with Crippen LogP contribution in [0.2, 0.25) is 0 Å². The van der Waals surface area contributed by atoms with Gasteiger partial charge in [0.15, 0.2) is 0 Å². The fourth-order valence-corrected chi connectivity index (χ4v) is 2.50. The van der Waals surface area contributed by atoms with Crippen molar-refractivity contribution < 1.29 is 5.11 Å². The fraction of sp³-hybridized carbons (Fsp3) is 0.273. The van der Waals surface area contributed by atoms with E-state index < -0.39 is 0 Å². The minimum Gasteiger partial charge on any atom is -0.388 e. The fourth-order valence-electron chi connectivity index (χ4n) is 1.37. The van der Waals surface area contributed by atoms with Gasteiger partial charge < -0.3 is 5.11 Å². The first-order chi connectivity index (χ1) is 6.31. The van der Waals surface area contributed by atoms with E-state index in [1.54, 1.807) is 11.3 Å². The van der Waals surface area contributed by atoms with Crippen molar-refractivity contribution >= 4 is 21.4 Å². The van der Waals surface area contributed by atoms with Crippen LogP contribution in [0.15, 0.2) is 30.3 Å². The van der Waals surface area contributed by atoms with Gasteiger partial charge in [0.1, 0.15) is 0 Å². The molecular weight excluding hydrogens is 180 g/mol. The average Bonchev–Trinajstić information content (AvgIpc) is 2.59. The highest BCUT2D eigenvalue weighted by Crippen LogP contribution is 2.30. The third-order valence-corrected chi connectivity index (χ3v) is 3.38. The van der Waals surface area contributed by atoms with Gasteiger partial charge in [-0.25, -0.2) is 0 Å². The SMILES string of the molecule is CC[C@@H](O)c1cc2ccccc2s1. The van der Waals surface area contributed by atoms with Gasteiger partial charge in [0.2, 0.25) is 0 Å². The summed E-state index contributed by atoms with van der Waals surface area (Å²) in [5.41, 5.74) is 0. The highest BCUT2D eigenvalue weighted by atomic mass is 32.1. The van der Waals surface area contributed by atoms with Crippen LogP contribution in [0.3, 0.4) is 0 Å². The van der Waals surface area contributed by atoms with E-state index in [4.69, 9.17) is 0 Å². The average molecular weight is 192 g/mol. The van der Waals surface area contributed by atoms with Crippen molar-refractivity contribution in [1.29, 1.82) is 0 Å². The molecule has 1 aromatic heterocycles. The number of benzene rings is 1. The minimum absolute atomic E-state index is 0.294. The van der Waals surface area contributed by atoms with Crippen molar-refractivity contribution in [2.45, 2.75) is 19.4 Å². The summed E-state index contributed by atoms with van der Waals surface area (Å²) < 4.78 is 1.25. The van der Waals surface area contributed by atoms with Gasteiger partial charge in [-0.3, -0.25) is 0 Å². The molecule has 0 aliphatic heterocycles. The Balaban J connectivity index is 2.49. The Hall–Kier alpha value is -0.860. The summed E-state index contributed by atoms with van der Waals surface area (Å²) in [7, 11) is 0. The van der Waals surface area contributed by atoms with Gasteiger partial charge in [0, 0.05) is 9.58 Å². The Kier molecular flexibility index (Phi) is 2.34. The summed E-state index contributed by atoms with van der Waals surface area (Å²) in [5.74, 6) is 0. The molecular formula is C11H12OS. The van der Waals surface area contributed by atoms with Crippen LogP contribution in [0.25, 0.3) is 10.1 Å². The lowest BCUT2D eigenvalue weighted by Gasteiger charge is -2.01. The Bertz CT molecular complexity index is 372. The van der Waals surface area contributed by atoms with Gasteiger partial charge in [-0.1, -0.05) is 25.1 Å². The van der Waals surface area contributed by atoms with Crippen LogP contribution in [0.4, 0.5) is 0 Å². The lowest BCUT2D eigenvalue weighted by molar-refractivity contribution is 0.177. The quantitative estimate of drug-likeness (QED) is 0.773. The standard InChI is InChI=1S/C11H12OS/c1-2-9(12)11-7-8-5-3-4-6-10(8)13-11/h3-7,9,12H,2H2,1H3/t9-/m1/s1.